The van der Waals surface area contributed by atoms with Crippen molar-refractivity contribution in [3.63, 3.8) is 0 Å². The molecule has 0 unspecified atom stereocenters. The van der Waals surface area contributed by atoms with Crippen LogP contribution in [0.4, 0.5) is 10.6 Å². The molecule has 1 aromatic carbocycles. The van der Waals surface area contributed by atoms with Crippen molar-refractivity contribution in [3.8, 4) is 11.4 Å². The van der Waals surface area contributed by atoms with Crippen molar-refractivity contribution in [1.82, 2.24) is 19.6 Å². The fourth-order valence-corrected chi connectivity index (χ4v) is 2.82. The Morgan fingerprint density at radius 1 is 1.17 bits per heavy atom. The summed E-state index contributed by atoms with van der Waals surface area (Å²) < 4.78 is 6.93. The van der Waals surface area contributed by atoms with Crippen LogP contribution in [0.25, 0.3) is 5.69 Å². The van der Waals surface area contributed by atoms with E-state index in [1.807, 2.05) is 44.2 Å². The number of rotatable bonds is 6. The van der Waals surface area contributed by atoms with Gasteiger partial charge in [-0.25, -0.2) is 9.48 Å². The Balaban J connectivity index is 2.33. The maximum absolute atomic E-state index is 12.8. The number of ether oxygens (including phenoxy) is 1. The first kappa shape index (κ1) is 23.3. The van der Waals surface area contributed by atoms with Gasteiger partial charge in [-0.3, -0.25) is 4.79 Å². The average Bonchev–Trinajstić information content (AvgIpc) is 3.09. The van der Waals surface area contributed by atoms with Crippen LogP contribution in [0.2, 0.25) is 0 Å². The van der Waals surface area contributed by atoms with Gasteiger partial charge in [-0.1, -0.05) is 20.8 Å². The maximum atomic E-state index is 12.8. The molecule has 0 bridgehead atoms. The monoisotopic (exact) mass is 415 g/mol. The van der Waals surface area contributed by atoms with Gasteiger partial charge in [0.15, 0.2) is 0 Å². The van der Waals surface area contributed by atoms with Crippen LogP contribution in [0.1, 0.15) is 40.3 Å². The number of amides is 3. The molecule has 0 spiro atoms. The molecule has 0 aliphatic rings. The number of nitrogens with one attached hydrogen (secondary N) is 1. The zero-order chi connectivity index (χ0) is 22.6. The predicted molar refractivity (Wildman–Crippen MR) is 118 cm³/mol. The van der Waals surface area contributed by atoms with Gasteiger partial charge < -0.3 is 19.9 Å². The van der Waals surface area contributed by atoms with Crippen LogP contribution in [0.15, 0.2) is 30.3 Å². The molecule has 2 aromatic rings. The second-order valence-electron chi connectivity index (χ2n) is 8.72. The van der Waals surface area contributed by atoms with E-state index in [9.17, 15) is 9.59 Å². The molecule has 1 N–H and O–H groups in total. The molecule has 30 heavy (non-hydrogen) atoms. The van der Waals surface area contributed by atoms with Crippen LogP contribution in [0.3, 0.4) is 0 Å². The molecular weight excluding hydrogens is 382 g/mol. The summed E-state index contributed by atoms with van der Waals surface area (Å²) in [4.78, 5) is 28.2. The zero-order valence-electron chi connectivity index (χ0n) is 19.2. The number of nitrogens with zero attached hydrogens (tertiary/aromatic N) is 4. The molecule has 1 aromatic heterocycles. The Hall–Kier alpha value is -3.03. The van der Waals surface area contributed by atoms with Gasteiger partial charge >= 0.3 is 6.03 Å². The van der Waals surface area contributed by atoms with Gasteiger partial charge in [-0.15, -0.1) is 0 Å². The molecule has 3 amide bonds. The molecule has 0 fully saturated rings. The van der Waals surface area contributed by atoms with E-state index in [4.69, 9.17) is 9.84 Å². The van der Waals surface area contributed by atoms with Gasteiger partial charge in [0, 0.05) is 31.6 Å². The minimum absolute atomic E-state index is 0.0483. The highest BCUT2D eigenvalue weighted by atomic mass is 16.5. The number of anilines is 1. The van der Waals surface area contributed by atoms with Crippen LogP contribution < -0.4 is 10.1 Å². The maximum Gasteiger partial charge on any atom is 0.320 e. The number of hydrogen-bond acceptors (Lipinski definition) is 4. The Kier molecular flexibility index (Phi) is 7.12. The largest absolute Gasteiger partial charge is 0.497 e. The third-order valence-corrected chi connectivity index (χ3v) is 4.63. The fraction of sp³-hybridized carbons (Fsp3) is 0.500. The van der Waals surface area contributed by atoms with Crippen molar-refractivity contribution in [1.29, 1.82) is 0 Å². The van der Waals surface area contributed by atoms with E-state index < -0.39 is 0 Å². The summed E-state index contributed by atoms with van der Waals surface area (Å²) in [6.45, 7) is 9.91. The Morgan fingerprint density at radius 2 is 1.77 bits per heavy atom. The van der Waals surface area contributed by atoms with Crippen molar-refractivity contribution in [2.45, 2.75) is 46.1 Å². The first-order chi connectivity index (χ1) is 13.9. The van der Waals surface area contributed by atoms with Crippen LogP contribution >= 0.6 is 0 Å². The molecule has 1 heterocycles. The number of hydrogen-bond donors (Lipinski definition) is 1. The summed E-state index contributed by atoms with van der Waals surface area (Å²) in [6, 6.07) is 9.00. The molecule has 0 radical (unpaired) electrons. The van der Waals surface area contributed by atoms with Crippen molar-refractivity contribution < 1.29 is 14.3 Å². The summed E-state index contributed by atoms with van der Waals surface area (Å²) >= 11 is 0. The van der Waals surface area contributed by atoms with Gasteiger partial charge in [0.2, 0.25) is 5.91 Å². The molecule has 0 saturated heterocycles. The van der Waals surface area contributed by atoms with E-state index in [1.54, 1.807) is 25.9 Å². The molecule has 164 valence electrons. The van der Waals surface area contributed by atoms with Crippen LogP contribution in [0, 0.1) is 0 Å². The zero-order valence-corrected chi connectivity index (χ0v) is 19.2. The van der Waals surface area contributed by atoms with E-state index in [0.717, 1.165) is 17.1 Å². The molecule has 0 aliphatic carbocycles. The lowest BCUT2D eigenvalue weighted by Gasteiger charge is -2.29. The van der Waals surface area contributed by atoms with E-state index in [-0.39, 0.29) is 29.9 Å². The number of benzene rings is 1. The predicted octanol–water partition coefficient (Wildman–Crippen LogP) is 3.51. The van der Waals surface area contributed by atoms with E-state index in [1.165, 1.54) is 9.80 Å². The summed E-state index contributed by atoms with van der Waals surface area (Å²) in [5, 5.41) is 7.64. The lowest BCUT2D eigenvalue weighted by atomic mass is 9.92. The smallest absolute Gasteiger partial charge is 0.320 e. The molecule has 8 nitrogen and oxygen atoms in total. The van der Waals surface area contributed by atoms with E-state index >= 15 is 0 Å². The summed E-state index contributed by atoms with van der Waals surface area (Å²) in [5.74, 6) is 1.01. The highest BCUT2D eigenvalue weighted by molar-refractivity contribution is 5.94. The highest BCUT2D eigenvalue weighted by Crippen LogP contribution is 2.27. The van der Waals surface area contributed by atoms with Crippen molar-refractivity contribution >= 4 is 17.8 Å². The van der Waals surface area contributed by atoms with Crippen molar-refractivity contribution in [2.75, 3.05) is 33.1 Å². The molecule has 2 rings (SSSR count). The third kappa shape index (κ3) is 5.52. The minimum atomic E-state index is -0.283. The minimum Gasteiger partial charge on any atom is -0.497 e. The van der Waals surface area contributed by atoms with Gasteiger partial charge in [0.1, 0.15) is 18.1 Å². The molecule has 0 atom stereocenters. The van der Waals surface area contributed by atoms with Crippen molar-refractivity contribution in [3.05, 3.63) is 36.0 Å². The standard InChI is InChI=1S/C22H33N5O3/c1-15(2)26(21(29)25(6)7)14-20(28)23-19-13-18(22(3,4)5)24-27(19)16-9-11-17(30-8)12-10-16/h9-13,15H,14H2,1-8H3,(H,23,28). The number of carbonyl (C=O) groups excluding carboxylic acids is 2. The average molecular weight is 416 g/mol. The third-order valence-electron chi connectivity index (χ3n) is 4.63. The van der Waals surface area contributed by atoms with Crippen LogP contribution in [0.5, 0.6) is 5.75 Å². The number of carbonyl (C=O) groups is 2. The quantitative estimate of drug-likeness (QED) is 0.783. The van der Waals surface area contributed by atoms with E-state index in [2.05, 4.69) is 26.1 Å². The normalized spacial score (nSPS) is 11.4. The molecule has 8 heteroatoms. The summed E-state index contributed by atoms with van der Waals surface area (Å²) in [5.41, 5.74) is 1.45. The van der Waals surface area contributed by atoms with Crippen LogP contribution in [-0.2, 0) is 10.2 Å². The first-order valence-corrected chi connectivity index (χ1v) is 9.96. The summed E-state index contributed by atoms with van der Waals surface area (Å²) in [7, 11) is 4.95. The molecule has 0 saturated carbocycles. The number of aromatic nitrogens is 2. The van der Waals surface area contributed by atoms with Crippen LogP contribution in [-0.4, -0.2) is 65.3 Å². The lowest BCUT2D eigenvalue weighted by Crippen LogP contribution is -2.47. The van der Waals surface area contributed by atoms with Gasteiger partial charge in [0.25, 0.3) is 0 Å². The van der Waals surface area contributed by atoms with E-state index in [0.29, 0.717) is 5.82 Å². The lowest BCUT2D eigenvalue weighted by molar-refractivity contribution is -0.117. The SMILES string of the molecule is COc1ccc(-n2nc(C(C)(C)C)cc2NC(=O)CN(C(=O)N(C)C)C(C)C)cc1. The Labute approximate surface area is 178 Å². The second-order valence-corrected chi connectivity index (χ2v) is 8.72. The Bertz CT molecular complexity index is 879. The van der Waals surface area contributed by atoms with Crippen molar-refractivity contribution in [2.24, 2.45) is 0 Å². The number of urea groups is 1. The summed E-state index contributed by atoms with van der Waals surface area (Å²) in [6.07, 6.45) is 0. The van der Waals surface area contributed by atoms with Gasteiger partial charge in [-0.05, 0) is 38.1 Å². The van der Waals surface area contributed by atoms with Gasteiger partial charge in [-0.2, -0.15) is 5.10 Å². The first-order valence-electron chi connectivity index (χ1n) is 9.96. The number of methoxy groups -OCH3 is 1. The molecule has 0 aliphatic heterocycles. The highest BCUT2D eigenvalue weighted by Gasteiger charge is 2.24. The fourth-order valence-electron chi connectivity index (χ4n) is 2.82. The molecular formula is C22H33N5O3. The second kappa shape index (κ2) is 9.19. The van der Waals surface area contributed by atoms with Gasteiger partial charge in [0.05, 0.1) is 18.5 Å². The topological polar surface area (TPSA) is 79.7 Å². The Morgan fingerprint density at radius 3 is 2.23 bits per heavy atom.